The molecule has 2 aromatic rings. The summed E-state index contributed by atoms with van der Waals surface area (Å²) >= 11 is 0. The van der Waals surface area contributed by atoms with E-state index in [2.05, 4.69) is 20.4 Å². The molecular weight excluding hydrogens is 318 g/mol. The highest BCUT2D eigenvalue weighted by molar-refractivity contribution is 6.03. The first-order chi connectivity index (χ1) is 12.1. The zero-order valence-corrected chi connectivity index (χ0v) is 14.4. The Kier molecular flexibility index (Phi) is 4.92. The second kappa shape index (κ2) is 7.29. The Morgan fingerprint density at radius 3 is 2.48 bits per heavy atom. The lowest BCUT2D eigenvalue weighted by Gasteiger charge is -2.32. The molecule has 7 nitrogen and oxygen atoms in total. The Morgan fingerprint density at radius 2 is 1.84 bits per heavy atom. The Balaban J connectivity index is 1.66. The molecule has 3 rings (SSSR count). The van der Waals surface area contributed by atoms with Crippen LogP contribution in [0, 0.1) is 13.8 Å². The number of piperazine rings is 1. The van der Waals surface area contributed by atoms with E-state index in [0.29, 0.717) is 32.0 Å². The Hall–Kier alpha value is -2.96. The van der Waals surface area contributed by atoms with Crippen molar-refractivity contribution in [3.63, 3.8) is 0 Å². The van der Waals surface area contributed by atoms with Crippen molar-refractivity contribution in [3.8, 4) is 0 Å². The molecule has 0 bridgehead atoms. The summed E-state index contributed by atoms with van der Waals surface area (Å²) in [7, 11) is 0. The molecule has 0 unspecified atom stereocenters. The molecule has 1 aromatic carbocycles. The summed E-state index contributed by atoms with van der Waals surface area (Å²) in [5, 5.41) is 11.1. The standard InChI is InChI=1S/C18H21N5O2/c1-13-3-4-14(2)16(11-13)19-18(25)15-5-6-17(21-20-15)23-9-7-22(12-24)8-10-23/h3-6,11-12H,7-10H2,1-2H3,(H,19,25). The lowest BCUT2D eigenvalue weighted by molar-refractivity contribution is -0.118. The number of benzene rings is 1. The van der Waals surface area contributed by atoms with Gasteiger partial charge in [-0.15, -0.1) is 10.2 Å². The summed E-state index contributed by atoms with van der Waals surface area (Å²) in [5.41, 5.74) is 3.13. The molecule has 25 heavy (non-hydrogen) atoms. The molecule has 2 amide bonds. The first kappa shape index (κ1) is 16.9. The van der Waals surface area contributed by atoms with Crippen molar-refractivity contribution in [2.24, 2.45) is 0 Å². The SMILES string of the molecule is Cc1ccc(C)c(NC(=O)c2ccc(N3CCN(C=O)CC3)nn2)c1. The van der Waals surface area contributed by atoms with Gasteiger partial charge in [0.1, 0.15) is 0 Å². The van der Waals surface area contributed by atoms with E-state index in [0.717, 1.165) is 23.2 Å². The highest BCUT2D eigenvalue weighted by Gasteiger charge is 2.18. The molecular formula is C18H21N5O2. The van der Waals surface area contributed by atoms with E-state index < -0.39 is 0 Å². The van der Waals surface area contributed by atoms with Crippen molar-refractivity contribution in [3.05, 3.63) is 47.2 Å². The van der Waals surface area contributed by atoms with Crippen molar-refractivity contribution < 1.29 is 9.59 Å². The quantitative estimate of drug-likeness (QED) is 0.857. The molecule has 1 saturated heterocycles. The molecule has 7 heteroatoms. The number of hydrogen-bond donors (Lipinski definition) is 1. The predicted octanol–water partition coefficient (Wildman–Crippen LogP) is 1.62. The molecule has 0 aliphatic carbocycles. The number of hydrogen-bond acceptors (Lipinski definition) is 5. The van der Waals surface area contributed by atoms with Gasteiger partial charge in [-0.2, -0.15) is 0 Å². The van der Waals surface area contributed by atoms with Crippen molar-refractivity contribution in [1.82, 2.24) is 15.1 Å². The van der Waals surface area contributed by atoms with Gasteiger partial charge >= 0.3 is 0 Å². The van der Waals surface area contributed by atoms with Crippen LogP contribution in [0.25, 0.3) is 0 Å². The van der Waals surface area contributed by atoms with Crippen molar-refractivity contribution in [2.45, 2.75) is 13.8 Å². The van der Waals surface area contributed by atoms with Crippen LogP contribution in [-0.2, 0) is 4.79 Å². The normalized spacial score (nSPS) is 14.3. The third kappa shape index (κ3) is 3.93. The average Bonchev–Trinajstić information content (AvgIpc) is 2.65. The summed E-state index contributed by atoms with van der Waals surface area (Å²) in [6.07, 6.45) is 0.865. The highest BCUT2D eigenvalue weighted by Crippen LogP contribution is 2.18. The first-order valence-electron chi connectivity index (χ1n) is 8.23. The fraction of sp³-hybridized carbons (Fsp3) is 0.333. The van der Waals surface area contributed by atoms with E-state index in [-0.39, 0.29) is 11.6 Å². The third-order valence-electron chi connectivity index (χ3n) is 4.31. The van der Waals surface area contributed by atoms with E-state index in [4.69, 9.17) is 0 Å². The fourth-order valence-electron chi connectivity index (χ4n) is 2.73. The van der Waals surface area contributed by atoms with Gasteiger partial charge in [0, 0.05) is 31.9 Å². The zero-order valence-electron chi connectivity index (χ0n) is 14.4. The van der Waals surface area contributed by atoms with Crippen molar-refractivity contribution >= 4 is 23.8 Å². The van der Waals surface area contributed by atoms with Gasteiger partial charge in [-0.1, -0.05) is 12.1 Å². The number of aryl methyl sites for hydroxylation is 2. The summed E-state index contributed by atoms with van der Waals surface area (Å²) in [6.45, 7) is 6.68. The second-order valence-electron chi connectivity index (χ2n) is 6.18. The minimum absolute atomic E-state index is 0.274. The molecule has 1 aromatic heterocycles. The maximum Gasteiger partial charge on any atom is 0.276 e. The lowest BCUT2D eigenvalue weighted by atomic mass is 10.1. The van der Waals surface area contributed by atoms with Gasteiger partial charge < -0.3 is 15.1 Å². The van der Waals surface area contributed by atoms with Crippen LogP contribution in [0.4, 0.5) is 11.5 Å². The molecule has 0 radical (unpaired) electrons. The topological polar surface area (TPSA) is 78.4 Å². The Bertz CT molecular complexity index is 768. The molecule has 1 N–H and O–H groups in total. The largest absolute Gasteiger partial charge is 0.352 e. The van der Waals surface area contributed by atoms with Crippen LogP contribution >= 0.6 is 0 Å². The van der Waals surface area contributed by atoms with Crippen LogP contribution in [0.5, 0.6) is 0 Å². The van der Waals surface area contributed by atoms with Crippen LogP contribution in [-0.4, -0.2) is 53.6 Å². The van der Waals surface area contributed by atoms with Gasteiger partial charge in [-0.3, -0.25) is 9.59 Å². The summed E-state index contributed by atoms with van der Waals surface area (Å²) in [5.74, 6) is 0.437. The van der Waals surface area contributed by atoms with Crippen LogP contribution in [0.1, 0.15) is 21.6 Å². The number of anilines is 2. The molecule has 2 heterocycles. The van der Waals surface area contributed by atoms with Crippen LogP contribution in [0.3, 0.4) is 0 Å². The molecule has 0 saturated carbocycles. The number of carbonyl (C=O) groups is 2. The monoisotopic (exact) mass is 339 g/mol. The molecule has 1 aliphatic rings. The highest BCUT2D eigenvalue weighted by atomic mass is 16.2. The van der Waals surface area contributed by atoms with Crippen molar-refractivity contribution in [1.29, 1.82) is 0 Å². The lowest BCUT2D eigenvalue weighted by Crippen LogP contribution is -2.46. The van der Waals surface area contributed by atoms with E-state index in [1.807, 2.05) is 32.0 Å². The third-order valence-corrected chi connectivity index (χ3v) is 4.31. The number of carbonyl (C=O) groups excluding carboxylic acids is 2. The van der Waals surface area contributed by atoms with Gasteiger partial charge in [-0.05, 0) is 43.2 Å². The second-order valence-corrected chi connectivity index (χ2v) is 6.18. The number of aromatic nitrogens is 2. The predicted molar refractivity (Wildman–Crippen MR) is 95.8 cm³/mol. The molecule has 1 fully saturated rings. The minimum Gasteiger partial charge on any atom is -0.352 e. The van der Waals surface area contributed by atoms with Crippen LogP contribution in [0.2, 0.25) is 0 Å². The van der Waals surface area contributed by atoms with Crippen LogP contribution in [0.15, 0.2) is 30.3 Å². The fourth-order valence-corrected chi connectivity index (χ4v) is 2.73. The molecule has 130 valence electrons. The molecule has 1 aliphatic heterocycles. The van der Waals surface area contributed by atoms with E-state index in [1.54, 1.807) is 17.0 Å². The molecule has 0 atom stereocenters. The number of rotatable bonds is 4. The summed E-state index contributed by atoms with van der Waals surface area (Å²) < 4.78 is 0. The number of nitrogens with one attached hydrogen (secondary N) is 1. The Labute approximate surface area is 146 Å². The summed E-state index contributed by atoms with van der Waals surface area (Å²) in [4.78, 5) is 26.9. The van der Waals surface area contributed by atoms with Gasteiger partial charge in [0.25, 0.3) is 5.91 Å². The summed E-state index contributed by atoms with van der Waals surface area (Å²) in [6, 6.07) is 9.38. The zero-order chi connectivity index (χ0) is 17.8. The Morgan fingerprint density at radius 1 is 1.08 bits per heavy atom. The minimum atomic E-state index is -0.279. The van der Waals surface area contributed by atoms with E-state index in [1.165, 1.54) is 0 Å². The van der Waals surface area contributed by atoms with E-state index >= 15 is 0 Å². The average molecular weight is 339 g/mol. The van der Waals surface area contributed by atoms with Gasteiger partial charge in [0.15, 0.2) is 11.5 Å². The number of nitrogens with zero attached hydrogens (tertiary/aromatic N) is 4. The van der Waals surface area contributed by atoms with Gasteiger partial charge in [0.05, 0.1) is 0 Å². The smallest absolute Gasteiger partial charge is 0.276 e. The van der Waals surface area contributed by atoms with Crippen LogP contribution < -0.4 is 10.2 Å². The van der Waals surface area contributed by atoms with Gasteiger partial charge in [0.2, 0.25) is 6.41 Å². The maximum atomic E-state index is 12.4. The maximum absolute atomic E-state index is 12.4. The van der Waals surface area contributed by atoms with Crippen molar-refractivity contribution in [2.75, 3.05) is 36.4 Å². The van der Waals surface area contributed by atoms with E-state index in [9.17, 15) is 9.59 Å². The number of amides is 2. The molecule has 0 spiro atoms. The first-order valence-corrected chi connectivity index (χ1v) is 8.23. The van der Waals surface area contributed by atoms with Gasteiger partial charge in [-0.25, -0.2) is 0 Å².